The van der Waals surface area contributed by atoms with Crippen molar-refractivity contribution in [2.24, 2.45) is 11.8 Å². The molecule has 114 valence electrons. The largest absolute Gasteiger partial charge is 0.458 e. The van der Waals surface area contributed by atoms with E-state index in [4.69, 9.17) is 4.74 Å². The first-order valence-electron chi connectivity index (χ1n) is 6.90. The average Bonchev–Trinajstić information content (AvgIpc) is 2.69. The summed E-state index contributed by atoms with van der Waals surface area (Å²) in [7, 11) is 0. The van der Waals surface area contributed by atoms with Crippen LogP contribution in [0.1, 0.15) is 41.0 Å². The maximum absolute atomic E-state index is 12.1. The highest BCUT2D eigenvalue weighted by atomic mass is 16.6. The Balaban J connectivity index is 2.65. The standard InChI is InChI=1S/C14H24N2O4/c1-8(2)11(13(19)20-14(3,4)5)16-12(18)9-6-10(17)15-7-9/h8-9,11H,6-7H2,1-5H3,(H,15,17)(H,16,18)/t9?,11-/m0/s1. The molecule has 6 heteroatoms. The summed E-state index contributed by atoms with van der Waals surface area (Å²) in [6.45, 7) is 9.35. The van der Waals surface area contributed by atoms with Crippen molar-refractivity contribution in [1.29, 1.82) is 0 Å². The Bertz CT molecular complexity index is 398. The van der Waals surface area contributed by atoms with E-state index in [2.05, 4.69) is 10.6 Å². The fraction of sp³-hybridized carbons (Fsp3) is 0.786. The molecule has 1 heterocycles. The second-order valence-electron chi connectivity index (χ2n) is 6.47. The normalized spacial score (nSPS) is 20.5. The van der Waals surface area contributed by atoms with Crippen LogP contribution in [0, 0.1) is 11.8 Å². The molecule has 2 amide bonds. The fourth-order valence-electron chi connectivity index (χ4n) is 1.92. The molecule has 0 aromatic carbocycles. The van der Waals surface area contributed by atoms with Gasteiger partial charge in [-0.25, -0.2) is 4.79 Å². The van der Waals surface area contributed by atoms with Crippen molar-refractivity contribution in [2.75, 3.05) is 6.54 Å². The summed E-state index contributed by atoms with van der Waals surface area (Å²) < 4.78 is 5.31. The monoisotopic (exact) mass is 284 g/mol. The predicted molar refractivity (Wildman–Crippen MR) is 73.7 cm³/mol. The molecule has 1 saturated heterocycles. The van der Waals surface area contributed by atoms with Gasteiger partial charge in [-0.3, -0.25) is 9.59 Å². The van der Waals surface area contributed by atoms with Crippen LogP contribution in [-0.4, -0.2) is 36.0 Å². The van der Waals surface area contributed by atoms with Gasteiger partial charge >= 0.3 is 5.97 Å². The minimum absolute atomic E-state index is 0.0844. The predicted octanol–water partition coefficient (Wildman–Crippen LogP) is 0.605. The van der Waals surface area contributed by atoms with E-state index in [1.807, 2.05) is 13.8 Å². The van der Waals surface area contributed by atoms with E-state index in [-0.39, 0.29) is 24.2 Å². The Morgan fingerprint density at radius 3 is 2.35 bits per heavy atom. The maximum Gasteiger partial charge on any atom is 0.329 e. The lowest BCUT2D eigenvalue weighted by Crippen LogP contribution is -2.49. The number of hydrogen-bond acceptors (Lipinski definition) is 4. The molecule has 0 aromatic heterocycles. The maximum atomic E-state index is 12.1. The Kier molecular flexibility index (Phi) is 5.14. The van der Waals surface area contributed by atoms with E-state index < -0.39 is 23.5 Å². The second-order valence-corrected chi connectivity index (χ2v) is 6.47. The molecule has 0 radical (unpaired) electrons. The quantitative estimate of drug-likeness (QED) is 0.741. The van der Waals surface area contributed by atoms with E-state index in [9.17, 15) is 14.4 Å². The van der Waals surface area contributed by atoms with Crippen molar-refractivity contribution < 1.29 is 19.1 Å². The Hall–Kier alpha value is -1.59. The molecule has 0 spiro atoms. The Morgan fingerprint density at radius 2 is 1.95 bits per heavy atom. The SMILES string of the molecule is CC(C)[C@H](NC(=O)C1CNC(=O)C1)C(=O)OC(C)(C)C. The number of rotatable bonds is 4. The number of amides is 2. The third-order valence-corrected chi connectivity index (χ3v) is 2.97. The number of ether oxygens (including phenoxy) is 1. The zero-order chi connectivity index (χ0) is 15.5. The first kappa shape index (κ1) is 16.5. The van der Waals surface area contributed by atoms with Gasteiger partial charge in [0.2, 0.25) is 11.8 Å². The molecule has 1 aliphatic heterocycles. The number of hydrogen-bond donors (Lipinski definition) is 2. The summed E-state index contributed by atoms with van der Waals surface area (Å²) >= 11 is 0. The van der Waals surface area contributed by atoms with Crippen molar-refractivity contribution in [3.63, 3.8) is 0 Å². The van der Waals surface area contributed by atoms with E-state index in [0.29, 0.717) is 6.54 Å². The molecular weight excluding hydrogens is 260 g/mol. The third-order valence-electron chi connectivity index (χ3n) is 2.97. The molecule has 1 rings (SSSR count). The highest BCUT2D eigenvalue weighted by molar-refractivity contribution is 5.91. The van der Waals surface area contributed by atoms with Crippen molar-refractivity contribution >= 4 is 17.8 Å². The number of nitrogens with one attached hydrogen (secondary N) is 2. The molecule has 0 aromatic rings. The summed E-state index contributed by atoms with van der Waals surface area (Å²) in [4.78, 5) is 35.3. The fourth-order valence-corrected chi connectivity index (χ4v) is 1.92. The van der Waals surface area contributed by atoms with Crippen LogP contribution >= 0.6 is 0 Å². The minimum atomic E-state index is -0.697. The van der Waals surface area contributed by atoms with E-state index in [1.165, 1.54) is 0 Å². The van der Waals surface area contributed by atoms with Gasteiger partial charge in [0.15, 0.2) is 0 Å². The van der Waals surface area contributed by atoms with Gasteiger partial charge in [-0.2, -0.15) is 0 Å². The molecule has 0 bridgehead atoms. The summed E-state index contributed by atoms with van der Waals surface area (Å²) in [5, 5.41) is 5.30. The molecular formula is C14H24N2O4. The summed E-state index contributed by atoms with van der Waals surface area (Å²) in [5.41, 5.74) is -0.597. The Morgan fingerprint density at radius 1 is 1.35 bits per heavy atom. The lowest BCUT2D eigenvalue weighted by Gasteiger charge is -2.27. The summed E-state index contributed by atoms with van der Waals surface area (Å²) in [6, 6.07) is -0.697. The van der Waals surface area contributed by atoms with Gasteiger partial charge in [0.1, 0.15) is 11.6 Å². The highest BCUT2D eigenvalue weighted by Crippen LogP contribution is 2.14. The van der Waals surface area contributed by atoms with Crippen LogP contribution in [0.2, 0.25) is 0 Å². The Labute approximate surface area is 119 Å². The van der Waals surface area contributed by atoms with Gasteiger partial charge in [0.05, 0.1) is 5.92 Å². The molecule has 1 fully saturated rings. The number of carbonyl (C=O) groups excluding carboxylic acids is 3. The van der Waals surface area contributed by atoms with Gasteiger partial charge in [-0.05, 0) is 26.7 Å². The molecule has 1 unspecified atom stereocenters. The number of carbonyl (C=O) groups is 3. The lowest BCUT2D eigenvalue weighted by atomic mass is 10.0. The first-order valence-corrected chi connectivity index (χ1v) is 6.90. The molecule has 0 saturated carbocycles. The zero-order valence-corrected chi connectivity index (χ0v) is 12.8. The van der Waals surface area contributed by atoms with Crippen LogP contribution in [0.4, 0.5) is 0 Å². The summed E-state index contributed by atoms with van der Waals surface area (Å²) in [6.07, 6.45) is 0.172. The van der Waals surface area contributed by atoms with Crippen molar-refractivity contribution in [2.45, 2.75) is 52.7 Å². The van der Waals surface area contributed by atoms with Crippen molar-refractivity contribution in [3.05, 3.63) is 0 Å². The van der Waals surface area contributed by atoms with Crippen LogP contribution in [0.5, 0.6) is 0 Å². The molecule has 1 aliphatic rings. The number of esters is 1. The second kappa shape index (κ2) is 6.24. The molecule has 2 atom stereocenters. The third kappa shape index (κ3) is 4.83. The van der Waals surface area contributed by atoms with Crippen LogP contribution < -0.4 is 10.6 Å². The van der Waals surface area contributed by atoms with E-state index >= 15 is 0 Å². The van der Waals surface area contributed by atoms with E-state index in [0.717, 1.165) is 0 Å². The van der Waals surface area contributed by atoms with E-state index in [1.54, 1.807) is 20.8 Å². The lowest BCUT2D eigenvalue weighted by molar-refractivity contribution is -0.160. The van der Waals surface area contributed by atoms with Gasteiger partial charge in [-0.1, -0.05) is 13.8 Å². The van der Waals surface area contributed by atoms with Crippen molar-refractivity contribution in [1.82, 2.24) is 10.6 Å². The molecule has 0 aliphatic carbocycles. The minimum Gasteiger partial charge on any atom is -0.458 e. The topological polar surface area (TPSA) is 84.5 Å². The van der Waals surface area contributed by atoms with Gasteiger partial charge in [0, 0.05) is 13.0 Å². The van der Waals surface area contributed by atoms with Crippen molar-refractivity contribution in [3.8, 4) is 0 Å². The highest BCUT2D eigenvalue weighted by Gasteiger charge is 2.33. The zero-order valence-electron chi connectivity index (χ0n) is 12.8. The average molecular weight is 284 g/mol. The summed E-state index contributed by atoms with van der Waals surface area (Å²) in [5.74, 6) is -1.36. The van der Waals surface area contributed by atoms with Crippen LogP contribution in [0.15, 0.2) is 0 Å². The van der Waals surface area contributed by atoms with Crippen LogP contribution in [0.3, 0.4) is 0 Å². The first-order chi connectivity index (χ1) is 9.10. The van der Waals surface area contributed by atoms with Gasteiger partial charge < -0.3 is 15.4 Å². The molecule has 20 heavy (non-hydrogen) atoms. The van der Waals surface area contributed by atoms with Gasteiger partial charge in [-0.15, -0.1) is 0 Å². The molecule has 2 N–H and O–H groups in total. The van der Waals surface area contributed by atoms with Crippen LogP contribution in [0.25, 0.3) is 0 Å². The smallest absolute Gasteiger partial charge is 0.329 e. The molecule has 6 nitrogen and oxygen atoms in total. The van der Waals surface area contributed by atoms with Gasteiger partial charge in [0.25, 0.3) is 0 Å². The van der Waals surface area contributed by atoms with Crippen LogP contribution in [-0.2, 0) is 19.1 Å².